The zero-order chi connectivity index (χ0) is 47.8. The fourth-order valence-corrected chi connectivity index (χ4v) is 8.47. The lowest BCUT2D eigenvalue weighted by molar-refractivity contribution is -0.160. The molecule has 354 valence electrons. The van der Waals surface area contributed by atoms with Gasteiger partial charge in [-0.05, 0) is 39.2 Å². The lowest BCUT2D eigenvalue weighted by Crippen LogP contribution is -2.49. The monoisotopic (exact) mass is 895 g/mol. The van der Waals surface area contributed by atoms with Crippen molar-refractivity contribution in [3.8, 4) is 23.0 Å². The topological polar surface area (TPSA) is 214 Å². The van der Waals surface area contributed by atoms with E-state index in [0.29, 0.717) is 26.1 Å². The molecule has 5 rings (SSSR count). The Morgan fingerprint density at radius 3 is 2.12 bits per heavy atom. The van der Waals surface area contributed by atoms with Crippen LogP contribution in [0.1, 0.15) is 104 Å². The van der Waals surface area contributed by atoms with Gasteiger partial charge in [0.05, 0.1) is 41.2 Å². The van der Waals surface area contributed by atoms with Crippen molar-refractivity contribution < 1.29 is 63.3 Å². The van der Waals surface area contributed by atoms with E-state index in [2.05, 4.69) is 5.32 Å². The van der Waals surface area contributed by atoms with Gasteiger partial charge < -0.3 is 49.4 Å². The van der Waals surface area contributed by atoms with Gasteiger partial charge in [-0.15, -0.1) is 0 Å². The van der Waals surface area contributed by atoms with Crippen LogP contribution in [-0.4, -0.2) is 118 Å². The second-order valence-corrected chi connectivity index (χ2v) is 17.2. The lowest BCUT2D eigenvalue weighted by Gasteiger charge is -2.38. The number of esters is 1. The predicted octanol–water partition coefficient (Wildman–Crippen LogP) is 6.70. The molecule has 3 aliphatic heterocycles. The third-order valence-electron chi connectivity index (χ3n) is 12.2. The van der Waals surface area contributed by atoms with Crippen molar-refractivity contribution in [2.45, 2.75) is 126 Å². The number of fused-ring (bicyclic) bond motifs is 14. The van der Waals surface area contributed by atoms with Crippen LogP contribution < -0.4 is 14.8 Å². The summed E-state index contributed by atoms with van der Waals surface area (Å²) in [5.41, 5.74) is -0.00517. The van der Waals surface area contributed by atoms with Gasteiger partial charge in [-0.25, -0.2) is 5.01 Å². The number of aromatic hydroxyl groups is 2. The number of ketones is 1. The summed E-state index contributed by atoms with van der Waals surface area (Å²) in [5, 5.41) is 52.5. The number of hydrogen-bond donors (Lipinski definition) is 5. The highest BCUT2D eigenvalue weighted by Gasteiger charge is 2.50. The second kappa shape index (κ2) is 22.2. The van der Waals surface area contributed by atoms with Gasteiger partial charge in [0.15, 0.2) is 12.4 Å². The molecule has 16 heteroatoms. The number of Topliss-reactive ketones (excluding diaryl/α,β-unsaturated/α-hetero) is 1. The van der Waals surface area contributed by atoms with Gasteiger partial charge in [-0.2, -0.15) is 0 Å². The number of phenols is 2. The Balaban J connectivity index is 1.94. The number of ether oxygens (including phenoxy) is 5. The summed E-state index contributed by atoms with van der Waals surface area (Å²) >= 11 is 0. The number of phenolic OH excluding ortho intramolecular Hbond substituents is 2. The molecule has 9 atom stereocenters. The van der Waals surface area contributed by atoms with Gasteiger partial charge in [0, 0.05) is 86.9 Å². The molecular weight excluding hydrogens is 827 g/mol. The van der Waals surface area contributed by atoms with Crippen molar-refractivity contribution >= 4 is 40.0 Å². The van der Waals surface area contributed by atoms with Crippen LogP contribution in [0.3, 0.4) is 0 Å². The number of rotatable bonds is 12. The maximum atomic E-state index is 14.7. The lowest BCUT2D eigenvalue weighted by atomic mass is 9.78. The van der Waals surface area contributed by atoms with Gasteiger partial charge in [0.2, 0.25) is 0 Å². The largest absolute Gasteiger partial charge is 0.507 e. The molecule has 0 spiro atoms. The van der Waals surface area contributed by atoms with E-state index in [1.165, 1.54) is 59.3 Å². The molecule has 2 amide bonds. The maximum Gasteiger partial charge on any atom is 0.312 e. The van der Waals surface area contributed by atoms with Crippen LogP contribution in [0.15, 0.2) is 42.2 Å². The van der Waals surface area contributed by atoms with E-state index in [1.54, 1.807) is 44.9 Å². The summed E-state index contributed by atoms with van der Waals surface area (Å²) in [6.07, 6.45) is 5.90. The highest BCUT2D eigenvalue weighted by Crippen LogP contribution is 2.54. The first-order valence-corrected chi connectivity index (χ1v) is 22.2. The molecular formula is C48H69N3O13. The molecule has 0 aromatic heterocycles. The van der Waals surface area contributed by atoms with E-state index in [0.717, 1.165) is 12.8 Å². The number of aliphatic hydroxyl groups is 2. The van der Waals surface area contributed by atoms with Crippen LogP contribution in [0, 0.1) is 30.6 Å². The van der Waals surface area contributed by atoms with Crippen LogP contribution >= 0.6 is 0 Å². The molecule has 0 fully saturated rings. The number of methoxy groups -OCH3 is 1. The number of hydrazine groups is 1. The molecule has 5 bridgehead atoms. The van der Waals surface area contributed by atoms with Crippen LogP contribution in [0.4, 0.5) is 5.69 Å². The highest BCUT2D eigenvalue weighted by molar-refractivity contribution is 6.21. The summed E-state index contributed by atoms with van der Waals surface area (Å²) < 4.78 is 30.1. The molecule has 2 aromatic carbocycles. The van der Waals surface area contributed by atoms with Crippen LogP contribution in [0.5, 0.6) is 23.0 Å². The van der Waals surface area contributed by atoms with Gasteiger partial charge in [-0.3, -0.25) is 24.2 Å². The predicted molar refractivity (Wildman–Crippen MR) is 242 cm³/mol. The zero-order valence-electron chi connectivity index (χ0n) is 39.4. The molecule has 2 aromatic rings. The van der Waals surface area contributed by atoms with Crippen LogP contribution in [0.2, 0.25) is 0 Å². The van der Waals surface area contributed by atoms with Crippen LogP contribution in [-0.2, 0) is 28.6 Å². The van der Waals surface area contributed by atoms with Crippen molar-refractivity contribution in [1.82, 2.24) is 10.0 Å². The second-order valence-electron chi connectivity index (χ2n) is 17.2. The number of carbonyl (C=O) groups excluding carboxylic acids is 4. The first kappa shape index (κ1) is 51.5. The van der Waals surface area contributed by atoms with Crippen molar-refractivity contribution in [1.29, 1.82) is 0 Å². The Hall–Kier alpha value is -5.16. The van der Waals surface area contributed by atoms with Crippen molar-refractivity contribution in [3.05, 3.63) is 53.3 Å². The quantitative estimate of drug-likeness (QED) is 0.0852. The molecule has 0 aliphatic carbocycles. The number of benzene rings is 2. The first-order valence-electron chi connectivity index (χ1n) is 22.2. The number of nitrogens with zero attached hydrogens (tertiary/aromatic N) is 2. The van der Waals surface area contributed by atoms with Crippen molar-refractivity contribution in [3.63, 3.8) is 0 Å². The molecule has 3 aliphatic rings. The number of hydrogen-bond acceptors (Lipinski definition) is 14. The normalized spacial score (nSPS) is 28.5. The Kier molecular flexibility index (Phi) is 17.8. The summed E-state index contributed by atoms with van der Waals surface area (Å²) in [6, 6.07) is 1.29. The maximum absolute atomic E-state index is 14.7. The van der Waals surface area contributed by atoms with E-state index in [-0.39, 0.29) is 50.6 Å². The van der Waals surface area contributed by atoms with E-state index >= 15 is 0 Å². The average molecular weight is 896 g/mol. The Labute approximate surface area is 376 Å². The SMILES string of the molecule is CCCN(CCC)N(CCC)C(=O)COc1cc2c(O)c3c(O)c(C)c4c(c13)C(=O)[C@@](C)(O/C=C/[C@H](OC)[C@@H](C)[C@@H](OC(C)=O)[C@H](C)[C@H](O)[C@H](C)[C@@H](O)[C@@H](C)/C=C/C=C(/C)C(=O)N2)O4. The molecule has 64 heavy (non-hydrogen) atoms. The number of aliphatic hydroxyl groups excluding tert-OH is 2. The molecule has 16 nitrogen and oxygen atoms in total. The zero-order valence-corrected chi connectivity index (χ0v) is 39.4. The van der Waals surface area contributed by atoms with E-state index < -0.39 is 89.6 Å². The number of carbonyl (C=O) groups is 4. The Morgan fingerprint density at radius 2 is 1.53 bits per heavy atom. The van der Waals surface area contributed by atoms with Crippen LogP contribution in [0.25, 0.3) is 10.8 Å². The number of anilines is 1. The fraction of sp³-hybridized carbons (Fsp3) is 0.583. The minimum absolute atomic E-state index is 0.0565. The summed E-state index contributed by atoms with van der Waals surface area (Å²) in [7, 11) is 1.44. The minimum Gasteiger partial charge on any atom is -0.507 e. The van der Waals surface area contributed by atoms with Gasteiger partial charge in [0.25, 0.3) is 17.6 Å². The van der Waals surface area contributed by atoms with E-state index in [1.807, 2.05) is 25.8 Å². The molecule has 0 radical (unpaired) electrons. The smallest absolute Gasteiger partial charge is 0.312 e. The van der Waals surface area contributed by atoms with Crippen molar-refractivity contribution in [2.24, 2.45) is 23.7 Å². The van der Waals surface area contributed by atoms with Gasteiger partial charge in [-0.1, -0.05) is 66.7 Å². The summed E-state index contributed by atoms with van der Waals surface area (Å²) in [5.74, 6) is -8.05. The highest BCUT2D eigenvalue weighted by atomic mass is 16.7. The standard InChI is InChI=1S/C48H69N3O13/c1-13-20-50(21-14-2)51(22-15-3)36(53)25-61-35-24-33-43(57)38-37(35)39-45(31(9)42(38)56)64-48(11,46(39)58)62-23-19-34(60-12)28(6)44(63-32(10)52)30(8)41(55)29(7)40(54)26(4)17-16-18-27(5)47(59)49-33/h16-19,23-24,26,28-30,34,40-41,44,54-57H,13-15,20-22,25H2,1-12H3,(H,49,59)/b17-16+,23-19+,27-18-/t26-,28+,29+,30+,34-,40-,41+,44+,48-/m0/s1. The Morgan fingerprint density at radius 1 is 0.891 bits per heavy atom. The summed E-state index contributed by atoms with van der Waals surface area (Å²) in [6.45, 7) is 19.8. The number of nitrogens with one attached hydrogen (secondary N) is 1. The minimum atomic E-state index is -2.04. The van der Waals surface area contributed by atoms with Crippen molar-refractivity contribution in [2.75, 3.05) is 38.7 Å². The molecule has 3 heterocycles. The third kappa shape index (κ3) is 11.0. The van der Waals surface area contributed by atoms with E-state index in [4.69, 9.17) is 23.7 Å². The Bertz CT molecular complexity index is 2110. The fourth-order valence-electron chi connectivity index (χ4n) is 8.47. The molecule has 0 saturated heterocycles. The molecule has 5 N–H and O–H groups in total. The summed E-state index contributed by atoms with van der Waals surface area (Å²) in [4.78, 5) is 54.7. The molecule has 0 saturated carbocycles. The first-order chi connectivity index (χ1) is 30.2. The number of amides is 2. The van der Waals surface area contributed by atoms with E-state index in [9.17, 15) is 39.6 Å². The van der Waals surface area contributed by atoms with Gasteiger partial charge >= 0.3 is 11.8 Å². The van der Waals surface area contributed by atoms with Gasteiger partial charge in [0.1, 0.15) is 23.4 Å². The molecule has 0 unspecified atom stereocenters. The number of allylic oxidation sites excluding steroid dienone is 2. The average Bonchev–Trinajstić information content (AvgIpc) is 3.52. The third-order valence-corrected chi connectivity index (χ3v) is 12.2.